The van der Waals surface area contributed by atoms with Crippen molar-refractivity contribution in [3.63, 3.8) is 0 Å². The SMILES string of the molecule is CC1CCC(NC(=O)CN(C)C(C)C2CC2)CC1. The topological polar surface area (TPSA) is 32.3 Å². The molecular formula is C15H28N2O. The van der Waals surface area contributed by atoms with Crippen molar-refractivity contribution >= 4 is 5.91 Å². The van der Waals surface area contributed by atoms with Gasteiger partial charge in [0.2, 0.25) is 5.91 Å². The standard InChI is InChI=1S/C15H28N2O/c1-11-4-8-14(9-5-11)16-15(18)10-17(3)12(2)13-6-7-13/h11-14H,4-10H2,1-3H3,(H,16,18). The second-order valence-electron chi connectivity index (χ2n) is 6.52. The quantitative estimate of drug-likeness (QED) is 0.815. The molecule has 0 saturated heterocycles. The summed E-state index contributed by atoms with van der Waals surface area (Å²) in [7, 11) is 2.07. The number of amides is 1. The highest BCUT2D eigenvalue weighted by Crippen LogP contribution is 2.34. The zero-order valence-electron chi connectivity index (χ0n) is 12.1. The minimum Gasteiger partial charge on any atom is -0.352 e. The minimum atomic E-state index is 0.213. The highest BCUT2D eigenvalue weighted by Gasteiger charge is 2.31. The lowest BCUT2D eigenvalue weighted by Gasteiger charge is -2.29. The van der Waals surface area contributed by atoms with E-state index in [4.69, 9.17) is 0 Å². The van der Waals surface area contributed by atoms with E-state index < -0.39 is 0 Å². The largest absolute Gasteiger partial charge is 0.352 e. The van der Waals surface area contributed by atoms with E-state index in [2.05, 4.69) is 31.1 Å². The van der Waals surface area contributed by atoms with Gasteiger partial charge in [-0.1, -0.05) is 6.92 Å². The summed E-state index contributed by atoms with van der Waals surface area (Å²) in [6.07, 6.45) is 7.53. The first-order valence-corrected chi connectivity index (χ1v) is 7.56. The first-order valence-electron chi connectivity index (χ1n) is 7.56. The van der Waals surface area contributed by atoms with Crippen LogP contribution in [0, 0.1) is 11.8 Å². The predicted molar refractivity (Wildman–Crippen MR) is 74.4 cm³/mol. The van der Waals surface area contributed by atoms with Crippen molar-refractivity contribution in [3.05, 3.63) is 0 Å². The molecule has 0 bridgehead atoms. The maximum absolute atomic E-state index is 12.0. The van der Waals surface area contributed by atoms with Crippen molar-refractivity contribution < 1.29 is 4.79 Å². The fourth-order valence-corrected chi connectivity index (χ4v) is 2.99. The Morgan fingerprint density at radius 1 is 1.22 bits per heavy atom. The molecule has 3 heteroatoms. The highest BCUT2D eigenvalue weighted by molar-refractivity contribution is 5.78. The molecule has 18 heavy (non-hydrogen) atoms. The Kier molecular flexibility index (Phi) is 4.66. The lowest BCUT2D eigenvalue weighted by atomic mass is 9.87. The lowest BCUT2D eigenvalue weighted by molar-refractivity contribution is -0.123. The summed E-state index contributed by atoms with van der Waals surface area (Å²) in [6.45, 7) is 5.11. The van der Waals surface area contributed by atoms with Gasteiger partial charge < -0.3 is 5.32 Å². The molecule has 2 rings (SSSR count). The molecule has 2 saturated carbocycles. The molecule has 3 nitrogen and oxygen atoms in total. The smallest absolute Gasteiger partial charge is 0.234 e. The van der Waals surface area contributed by atoms with E-state index in [0.717, 1.165) is 24.7 Å². The molecule has 2 aliphatic rings. The van der Waals surface area contributed by atoms with E-state index >= 15 is 0 Å². The van der Waals surface area contributed by atoms with Gasteiger partial charge in [-0.3, -0.25) is 9.69 Å². The Bertz CT molecular complexity index is 280. The summed E-state index contributed by atoms with van der Waals surface area (Å²) in [4.78, 5) is 14.2. The highest BCUT2D eigenvalue weighted by atomic mass is 16.2. The molecule has 1 atom stereocenters. The lowest BCUT2D eigenvalue weighted by Crippen LogP contribution is -2.44. The Morgan fingerprint density at radius 3 is 2.39 bits per heavy atom. The normalized spacial score (nSPS) is 30.2. The van der Waals surface area contributed by atoms with Crippen LogP contribution >= 0.6 is 0 Å². The summed E-state index contributed by atoms with van der Waals surface area (Å²) in [5.41, 5.74) is 0. The van der Waals surface area contributed by atoms with Crippen molar-refractivity contribution in [1.29, 1.82) is 0 Å². The molecule has 0 aromatic heterocycles. The average Bonchev–Trinajstić information content (AvgIpc) is 3.15. The number of likely N-dealkylation sites (N-methyl/N-ethyl adjacent to an activating group) is 1. The van der Waals surface area contributed by atoms with Crippen LogP contribution in [-0.4, -0.2) is 36.5 Å². The van der Waals surface area contributed by atoms with E-state index in [9.17, 15) is 4.79 Å². The van der Waals surface area contributed by atoms with Crippen LogP contribution in [0.5, 0.6) is 0 Å². The Balaban J connectivity index is 1.67. The van der Waals surface area contributed by atoms with Crippen LogP contribution in [0.2, 0.25) is 0 Å². The van der Waals surface area contributed by atoms with Crippen molar-refractivity contribution in [2.75, 3.05) is 13.6 Å². The van der Waals surface area contributed by atoms with Gasteiger partial charge in [0.05, 0.1) is 6.54 Å². The van der Waals surface area contributed by atoms with Crippen LogP contribution < -0.4 is 5.32 Å². The summed E-state index contributed by atoms with van der Waals surface area (Å²) in [6, 6.07) is 0.987. The maximum Gasteiger partial charge on any atom is 0.234 e. The molecule has 1 N–H and O–H groups in total. The van der Waals surface area contributed by atoms with Gasteiger partial charge in [-0.15, -0.1) is 0 Å². The molecule has 0 aromatic carbocycles. The van der Waals surface area contributed by atoms with Gasteiger partial charge in [0, 0.05) is 12.1 Å². The zero-order chi connectivity index (χ0) is 13.1. The monoisotopic (exact) mass is 252 g/mol. The second-order valence-corrected chi connectivity index (χ2v) is 6.52. The predicted octanol–water partition coefficient (Wildman–Crippen LogP) is 2.41. The van der Waals surface area contributed by atoms with E-state index in [1.54, 1.807) is 0 Å². The molecule has 0 aliphatic heterocycles. The third-order valence-electron chi connectivity index (χ3n) is 4.77. The molecule has 0 heterocycles. The summed E-state index contributed by atoms with van der Waals surface area (Å²) < 4.78 is 0. The third kappa shape index (κ3) is 3.98. The third-order valence-corrected chi connectivity index (χ3v) is 4.77. The zero-order valence-corrected chi connectivity index (χ0v) is 12.1. The number of hydrogen-bond donors (Lipinski definition) is 1. The minimum absolute atomic E-state index is 0.213. The van der Waals surface area contributed by atoms with Gasteiger partial charge in [0.15, 0.2) is 0 Å². The van der Waals surface area contributed by atoms with E-state index in [1.807, 2.05) is 0 Å². The molecule has 0 spiro atoms. The molecule has 1 amide bonds. The summed E-state index contributed by atoms with van der Waals surface area (Å²) >= 11 is 0. The first-order chi connectivity index (χ1) is 8.56. The number of carbonyl (C=O) groups is 1. The molecule has 2 fully saturated rings. The van der Waals surface area contributed by atoms with E-state index in [-0.39, 0.29) is 5.91 Å². The first kappa shape index (κ1) is 13.9. The van der Waals surface area contributed by atoms with Crippen LogP contribution in [0.15, 0.2) is 0 Å². The second kappa shape index (κ2) is 6.05. The van der Waals surface area contributed by atoms with Crippen molar-refractivity contribution in [2.24, 2.45) is 11.8 Å². The number of nitrogens with zero attached hydrogens (tertiary/aromatic N) is 1. The average molecular weight is 252 g/mol. The molecule has 0 radical (unpaired) electrons. The fourth-order valence-electron chi connectivity index (χ4n) is 2.99. The van der Waals surface area contributed by atoms with Gasteiger partial charge in [-0.05, 0) is 64.3 Å². The van der Waals surface area contributed by atoms with Crippen LogP contribution in [0.1, 0.15) is 52.4 Å². The number of hydrogen-bond acceptors (Lipinski definition) is 2. The molecule has 104 valence electrons. The van der Waals surface area contributed by atoms with E-state index in [0.29, 0.717) is 18.6 Å². The van der Waals surface area contributed by atoms with Gasteiger partial charge in [-0.25, -0.2) is 0 Å². The number of nitrogens with one attached hydrogen (secondary N) is 1. The number of carbonyl (C=O) groups excluding carboxylic acids is 1. The number of rotatable bonds is 5. The van der Waals surface area contributed by atoms with Gasteiger partial charge in [0.25, 0.3) is 0 Å². The molecule has 1 unspecified atom stereocenters. The van der Waals surface area contributed by atoms with Gasteiger partial charge >= 0.3 is 0 Å². The molecular weight excluding hydrogens is 224 g/mol. The molecule has 2 aliphatic carbocycles. The van der Waals surface area contributed by atoms with Crippen LogP contribution in [0.25, 0.3) is 0 Å². The van der Waals surface area contributed by atoms with Crippen LogP contribution in [0.3, 0.4) is 0 Å². The molecule has 0 aromatic rings. The fraction of sp³-hybridized carbons (Fsp3) is 0.933. The maximum atomic E-state index is 12.0. The van der Waals surface area contributed by atoms with Crippen LogP contribution in [0.4, 0.5) is 0 Å². The Hall–Kier alpha value is -0.570. The van der Waals surface area contributed by atoms with E-state index in [1.165, 1.54) is 25.7 Å². The summed E-state index contributed by atoms with van der Waals surface area (Å²) in [5, 5.41) is 3.20. The van der Waals surface area contributed by atoms with Crippen molar-refractivity contribution in [3.8, 4) is 0 Å². The Morgan fingerprint density at radius 2 is 1.83 bits per heavy atom. The van der Waals surface area contributed by atoms with Gasteiger partial charge in [-0.2, -0.15) is 0 Å². The Labute approximate surface area is 111 Å². The summed E-state index contributed by atoms with van der Waals surface area (Å²) in [5.74, 6) is 1.89. The van der Waals surface area contributed by atoms with Crippen molar-refractivity contribution in [1.82, 2.24) is 10.2 Å². The van der Waals surface area contributed by atoms with Crippen molar-refractivity contribution in [2.45, 2.75) is 64.5 Å². The van der Waals surface area contributed by atoms with Crippen LogP contribution in [-0.2, 0) is 4.79 Å². The van der Waals surface area contributed by atoms with Gasteiger partial charge in [0.1, 0.15) is 0 Å².